The zero-order chi connectivity index (χ0) is 21.0. The maximum Gasteiger partial charge on any atom is 0.158 e. The number of hydrogen-bond donors (Lipinski definition) is 0. The van der Waals surface area contributed by atoms with Gasteiger partial charge in [0.2, 0.25) is 0 Å². The summed E-state index contributed by atoms with van der Waals surface area (Å²) in [5, 5.41) is 0. The van der Waals surface area contributed by atoms with Gasteiger partial charge in [0.15, 0.2) is 7.28 Å². The minimum absolute atomic E-state index is 1.09. The molecule has 2 nitrogen and oxygen atoms in total. The molecule has 0 aliphatic carbocycles. The molecule has 4 rings (SSSR count). The third kappa shape index (κ3) is 7.35. The Morgan fingerprint density at radius 1 is 0.833 bits per heavy atom. The number of benzene rings is 3. The first-order valence-electron chi connectivity index (χ1n) is 10.6. The van der Waals surface area contributed by atoms with Crippen LogP contribution in [-0.2, 0) is 12.8 Å². The Hall–Kier alpha value is -2.59. The van der Waals surface area contributed by atoms with Crippen molar-refractivity contribution in [2.24, 2.45) is 0 Å². The van der Waals surface area contributed by atoms with Gasteiger partial charge in [0.25, 0.3) is 0 Å². The fourth-order valence-electron chi connectivity index (χ4n) is 3.33. The quantitative estimate of drug-likeness (QED) is 0.310. The van der Waals surface area contributed by atoms with Gasteiger partial charge in [-0.15, -0.1) is 0 Å². The summed E-state index contributed by atoms with van der Waals surface area (Å²) in [6.45, 7) is 2.23. The fraction of sp³-hybridized carbons (Fsp3) is 0.192. The van der Waals surface area contributed by atoms with Gasteiger partial charge in [-0.25, -0.2) is 4.98 Å². The van der Waals surface area contributed by atoms with E-state index in [2.05, 4.69) is 82.4 Å². The van der Waals surface area contributed by atoms with E-state index in [0.29, 0.717) is 0 Å². The smallest absolute Gasteiger partial charge is 0.158 e. The molecular formula is C26H28BBrN2. The second-order valence-electron chi connectivity index (χ2n) is 7.35. The summed E-state index contributed by atoms with van der Waals surface area (Å²) < 4.78 is 3.05. The maximum atomic E-state index is 3.97. The molecule has 3 aromatic carbocycles. The Kier molecular flexibility index (Phi) is 8.98. The van der Waals surface area contributed by atoms with Crippen LogP contribution < -0.4 is 5.46 Å². The van der Waals surface area contributed by atoms with Crippen molar-refractivity contribution in [1.82, 2.24) is 9.55 Å². The van der Waals surface area contributed by atoms with Crippen molar-refractivity contribution in [3.8, 4) is 5.69 Å². The molecule has 4 heteroatoms. The van der Waals surface area contributed by atoms with Gasteiger partial charge in [-0.2, -0.15) is 0 Å². The van der Waals surface area contributed by atoms with Crippen LogP contribution in [0.2, 0.25) is 6.32 Å². The highest BCUT2D eigenvalue weighted by molar-refractivity contribution is 9.10. The topological polar surface area (TPSA) is 17.8 Å². The van der Waals surface area contributed by atoms with E-state index in [1.807, 2.05) is 35.0 Å². The molecule has 0 saturated heterocycles. The summed E-state index contributed by atoms with van der Waals surface area (Å²) in [5.74, 6) is 0. The Morgan fingerprint density at radius 2 is 1.50 bits per heavy atom. The minimum Gasteiger partial charge on any atom is -0.306 e. The first kappa shape index (κ1) is 22.1. The Morgan fingerprint density at radius 3 is 2.10 bits per heavy atom. The molecule has 0 atom stereocenters. The van der Waals surface area contributed by atoms with Crippen LogP contribution in [0, 0.1) is 0 Å². The fourth-order valence-corrected chi connectivity index (χ4v) is 3.59. The average molecular weight is 459 g/mol. The minimum atomic E-state index is 1.09. The Labute approximate surface area is 189 Å². The number of imidazole rings is 1. The second-order valence-corrected chi connectivity index (χ2v) is 8.27. The van der Waals surface area contributed by atoms with Crippen LogP contribution in [0.3, 0.4) is 0 Å². The number of nitrogens with zero attached hydrogens (tertiary/aromatic N) is 2. The largest absolute Gasteiger partial charge is 0.306 e. The lowest BCUT2D eigenvalue weighted by Gasteiger charge is -2.03. The second kappa shape index (κ2) is 12.2. The van der Waals surface area contributed by atoms with Crippen LogP contribution in [0.1, 0.15) is 24.5 Å². The van der Waals surface area contributed by atoms with E-state index in [9.17, 15) is 0 Å². The maximum absolute atomic E-state index is 3.97. The van der Waals surface area contributed by atoms with E-state index >= 15 is 0 Å². The number of aryl methyl sites for hydroxylation is 2. The summed E-state index contributed by atoms with van der Waals surface area (Å²) in [6.07, 6.45) is 10.3. The van der Waals surface area contributed by atoms with Crippen molar-refractivity contribution in [3.05, 3.63) is 113 Å². The SMILES string of the molecule is Brc1ccc(-n2ccnc2)cc1.CCCc1ccc(CCBc2ccccc2)cc1. The number of rotatable bonds is 7. The lowest BCUT2D eigenvalue weighted by Crippen LogP contribution is -2.13. The van der Waals surface area contributed by atoms with E-state index in [4.69, 9.17) is 0 Å². The van der Waals surface area contributed by atoms with Gasteiger partial charge in [-0.05, 0) is 48.2 Å². The van der Waals surface area contributed by atoms with E-state index in [1.165, 1.54) is 49.5 Å². The summed E-state index contributed by atoms with van der Waals surface area (Å²) >= 11 is 3.38. The summed E-state index contributed by atoms with van der Waals surface area (Å²) in [5.41, 5.74) is 5.49. The standard InChI is InChI=1S/C17H21B.C9H7BrN2/c1-2-6-15-9-11-16(12-10-15)13-14-18-17-7-4-3-5-8-17;10-8-1-3-9(4-2-8)12-6-5-11-7-12/h3-5,7-12,18H,2,6,13-14H2,1H3;1-7H. The predicted molar refractivity (Wildman–Crippen MR) is 133 cm³/mol. The molecule has 1 heterocycles. The molecule has 0 saturated carbocycles. The zero-order valence-electron chi connectivity index (χ0n) is 17.5. The average Bonchev–Trinajstić information content (AvgIpc) is 3.32. The van der Waals surface area contributed by atoms with Gasteiger partial charge < -0.3 is 4.57 Å². The van der Waals surface area contributed by atoms with Crippen molar-refractivity contribution >= 4 is 28.7 Å². The lowest BCUT2D eigenvalue weighted by molar-refractivity contribution is 0.920. The van der Waals surface area contributed by atoms with Crippen molar-refractivity contribution in [2.75, 3.05) is 0 Å². The lowest BCUT2D eigenvalue weighted by atomic mass is 9.66. The van der Waals surface area contributed by atoms with Gasteiger partial charge >= 0.3 is 0 Å². The van der Waals surface area contributed by atoms with Gasteiger partial charge in [-0.3, -0.25) is 0 Å². The van der Waals surface area contributed by atoms with Crippen LogP contribution in [0.5, 0.6) is 0 Å². The predicted octanol–water partition coefficient (Wildman–Crippen LogP) is 6.00. The van der Waals surface area contributed by atoms with Crippen LogP contribution in [0.15, 0.2) is 102 Å². The van der Waals surface area contributed by atoms with E-state index in [-0.39, 0.29) is 0 Å². The first-order valence-corrected chi connectivity index (χ1v) is 11.4. The molecule has 0 amide bonds. The molecule has 4 aromatic rings. The zero-order valence-corrected chi connectivity index (χ0v) is 19.1. The third-order valence-corrected chi connectivity index (χ3v) is 5.49. The number of hydrogen-bond acceptors (Lipinski definition) is 1. The normalized spacial score (nSPS) is 10.2. The van der Waals surface area contributed by atoms with Gasteiger partial charge in [0.05, 0.1) is 6.33 Å². The summed E-state index contributed by atoms with van der Waals surface area (Å²) in [7, 11) is 1.18. The van der Waals surface area contributed by atoms with Gasteiger partial charge in [-0.1, -0.05) is 95.7 Å². The number of halogens is 1. The molecular weight excluding hydrogens is 431 g/mol. The molecule has 0 fully saturated rings. The van der Waals surface area contributed by atoms with Crippen molar-refractivity contribution < 1.29 is 0 Å². The highest BCUT2D eigenvalue weighted by Crippen LogP contribution is 2.13. The molecule has 0 aliphatic rings. The van der Waals surface area contributed by atoms with Crippen LogP contribution >= 0.6 is 15.9 Å². The molecule has 152 valence electrons. The van der Waals surface area contributed by atoms with Crippen LogP contribution in [0.25, 0.3) is 5.69 Å². The monoisotopic (exact) mass is 458 g/mol. The summed E-state index contributed by atoms with van der Waals surface area (Å²) in [4.78, 5) is 3.97. The highest BCUT2D eigenvalue weighted by atomic mass is 79.9. The molecule has 30 heavy (non-hydrogen) atoms. The first-order chi connectivity index (χ1) is 14.7. The molecule has 1 aromatic heterocycles. The van der Waals surface area contributed by atoms with E-state index < -0.39 is 0 Å². The van der Waals surface area contributed by atoms with Crippen LogP contribution in [0.4, 0.5) is 0 Å². The molecule has 0 N–H and O–H groups in total. The Balaban J connectivity index is 0.000000184. The van der Waals surface area contributed by atoms with Crippen molar-refractivity contribution in [2.45, 2.75) is 32.5 Å². The van der Waals surface area contributed by atoms with Crippen LogP contribution in [-0.4, -0.2) is 16.8 Å². The number of aromatic nitrogens is 2. The third-order valence-electron chi connectivity index (χ3n) is 4.96. The Bertz CT molecular complexity index is 966. The summed E-state index contributed by atoms with van der Waals surface area (Å²) in [6, 6.07) is 28.0. The van der Waals surface area contributed by atoms with E-state index in [1.54, 1.807) is 12.5 Å². The molecule has 0 radical (unpaired) electrons. The molecule has 0 aliphatic heterocycles. The molecule has 0 unspecified atom stereocenters. The van der Waals surface area contributed by atoms with Crippen molar-refractivity contribution in [1.29, 1.82) is 0 Å². The molecule has 0 bridgehead atoms. The van der Waals surface area contributed by atoms with E-state index in [0.717, 1.165) is 10.2 Å². The highest BCUT2D eigenvalue weighted by Gasteiger charge is 1.98. The van der Waals surface area contributed by atoms with Gasteiger partial charge in [0.1, 0.15) is 0 Å². The van der Waals surface area contributed by atoms with Crippen molar-refractivity contribution in [3.63, 3.8) is 0 Å². The van der Waals surface area contributed by atoms with Gasteiger partial charge in [0, 0.05) is 22.6 Å². The molecule has 0 spiro atoms.